The molecule has 1 saturated carbocycles. The van der Waals surface area contributed by atoms with Crippen molar-refractivity contribution in [2.45, 2.75) is 40.5 Å². The van der Waals surface area contributed by atoms with Crippen LogP contribution in [-0.4, -0.2) is 0 Å². The Balaban J connectivity index is 0.000000461. The van der Waals surface area contributed by atoms with E-state index in [0.717, 1.165) is 11.6 Å². The van der Waals surface area contributed by atoms with Crippen LogP contribution in [0.4, 0.5) is 0 Å². The maximum Gasteiger partial charge on any atom is 0.0339 e. The SMILES string of the molecule is C=C1NC=C2CCC(C)C2=C1C.CC. The normalized spacial score (nSPS) is 24.7. The molecule has 1 heteroatoms. The van der Waals surface area contributed by atoms with Crippen LogP contribution < -0.4 is 5.32 Å². The smallest absolute Gasteiger partial charge is 0.0339 e. The van der Waals surface area contributed by atoms with E-state index in [4.69, 9.17) is 0 Å². The Labute approximate surface area is 87.6 Å². The minimum Gasteiger partial charge on any atom is -0.362 e. The largest absolute Gasteiger partial charge is 0.362 e. The summed E-state index contributed by atoms with van der Waals surface area (Å²) in [6.07, 6.45) is 4.65. The van der Waals surface area contributed by atoms with Crippen molar-refractivity contribution in [3.63, 3.8) is 0 Å². The summed E-state index contributed by atoms with van der Waals surface area (Å²) in [5.41, 5.74) is 5.46. The molecule has 0 spiro atoms. The molecular formula is C13H21N. The van der Waals surface area contributed by atoms with E-state index in [1.165, 1.54) is 24.0 Å². The predicted octanol–water partition coefficient (Wildman–Crippen LogP) is 3.76. The minimum absolute atomic E-state index is 0.732. The molecule has 14 heavy (non-hydrogen) atoms. The Morgan fingerprint density at radius 3 is 2.71 bits per heavy atom. The van der Waals surface area contributed by atoms with Crippen molar-refractivity contribution >= 4 is 0 Å². The first kappa shape index (κ1) is 11.1. The van der Waals surface area contributed by atoms with E-state index >= 15 is 0 Å². The monoisotopic (exact) mass is 191 g/mol. The number of allylic oxidation sites excluding steroid dienone is 3. The van der Waals surface area contributed by atoms with E-state index in [-0.39, 0.29) is 0 Å². The number of hydrogen-bond donors (Lipinski definition) is 1. The van der Waals surface area contributed by atoms with E-state index in [9.17, 15) is 0 Å². The molecule has 2 aliphatic rings. The molecule has 0 bridgehead atoms. The van der Waals surface area contributed by atoms with Crippen molar-refractivity contribution in [2.75, 3.05) is 0 Å². The van der Waals surface area contributed by atoms with E-state index in [1.807, 2.05) is 13.8 Å². The lowest BCUT2D eigenvalue weighted by atomic mass is 9.94. The third-order valence-corrected chi connectivity index (χ3v) is 2.96. The van der Waals surface area contributed by atoms with Crippen molar-refractivity contribution in [1.82, 2.24) is 5.32 Å². The molecule has 78 valence electrons. The molecule has 0 aromatic rings. The van der Waals surface area contributed by atoms with Gasteiger partial charge in [0.1, 0.15) is 0 Å². The molecule has 1 aliphatic heterocycles. The van der Waals surface area contributed by atoms with Crippen molar-refractivity contribution < 1.29 is 0 Å². The van der Waals surface area contributed by atoms with Gasteiger partial charge in [-0.25, -0.2) is 0 Å². The number of hydrogen-bond acceptors (Lipinski definition) is 1. The van der Waals surface area contributed by atoms with Crippen molar-refractivity contribution in [1.29, 1.82) is 0 Å². The fourth-order valence-corrected chi connectivity index (χ4v) is 2.17. The van der Waals surface area contributed by atoms with Crippen LogP contribution in [-0.2, 0) is 0 Å². The molecule has 1 unspecified atom stereocenters. The van der Waals surface area contributed by atoms with Gasteiger partial charge in [0.2, 0.25) is 0 Å². The van der Waals surface area contributed by atoms with Gasteiger partial charge < -0.3 is 5.32 Å². The average Bonchev–Trinajstić information content (AvgIpc) is 2.58. The predicted molar refractivity (Wildman–Crippen MR) is 62.8 cm³/mol. The topological polar surface area (TPSA) is 12.0 Å². The van der Waals surface area contributed by atoms with Crippen LogP contribution >= 0.6 is 0 Å². The summed E-state index contributed by atoms with van der Waals surface area (Å²) in [7, 11) is 0. The first-order valence-corrected chi connectivity index (χ1v) is 5.56. The van der Waals surface area contributed by atoms with E-state index in [2.05, 4.69) is 31.9 Å². The highest BCUT2D eigenvalue weighted by molar-refractivity contribution is 5.49. The second-order valence-electron chi connectivity index (χ2n) is 3.77. The molecular weight excluding hydrogens is 170 g/mol. The maximum atomic E-state index is 3.98. The van der Waals surface area contributed by atoms with Gasteiger partial charge in [-0.2, -0.15) is 0 Å². The minimum atomic E-state index is 0.732. The Kier molecular flexibility index (Phi) is 3.56. The van der Waals surface area contributed by atoms with Gasteiger partial charge in [-0.15, -0.1) is 0 Å². The molecule has 1 aliphatic carbocycles. The standard InChI is InChI=1S/C11H15N.C2H6/c1-7-4-5-10-6-12-9(3)8(2)11(7)10;1-2/h6-7,12H,3-5H2,1-2H3;1-2H3. The van der Waals surface area contributed by atoms with Crippen LogP contribution in [0.25, 0.3) is 0 Å². The molecule has 2 rings (SSSR count). The number of fused-ring (bicyclic) bond motifs is 1. The summed E-state index contributed by atoms with van der Waals surface area (Å²) in [6.45, 7) is 12.4. The van der Waals surface area contributed by atoms with Gasteiger partial charge in [-0.05, 0) is 42.4 Å². The number of dihydropyridines is 1. The molecule has 1 heterocycles. The van der Waals surface area contributed by atoms with Crippen LogP contribution in [0.5, 0.6) is 0 Å². The molecule has 0 aromatic heterocycles. The highest BCUT2D eigenvalue weighted by Gasteiger charge is 2.26. The summed E-state index contributed by atoms with van der Waals surface area (Å²) in [5, 5.41) is 3.21. The Bertz CT molecular complexity index is 294. The lowest BCUT2D eigenvalue weighted by Gasteiger charge is -2.19. The van der Waals surface area contributed by atoms with Crippen molar-refractivity contribution in [3.8, 4) is 0 Å². The van der Waals surface area contributed by atoms with Crippen LogP contribution in [0.15, 0.2) is 35.2 Å². The van der Waals surface area contributed by atoms with Gasteiger partial charge in [-0.3, -0.25) is 0 Å². The summed E-state index contributed by atoms with van der Waals surface area (Å²) in [4.78, 5) is 0. The second-order valence-corrected chi connectivity index (χ2v) is 3.77. The number of rotatable bonds is 0. The summed E-state index contributed by atoms with van der Waals surface area (Å²) in [5.74, 6) is 0.732. The van der Waals surface area contributed by atoms with Crippen molar-refractivity contribution in [2.24, 2.45) is 5.92 Å². The molecule has 0 aromatic carbocycles. The van der Waals surface area contributed by atoms with Gasteiger partial charge in [0.05, 0.1) is 0 Å². The summed E-state index contributed by atoms with van der Waals surface area (Å²) < 4.78 is 0. The Hall–Kier alpha value is -0.980. The average molecular weight is 191 g/mol. The van der Waals surface area contributed by atoms with Crippen LogP contribution in [0.2, 0.25) is 0 Å². The second kappa shape index (κ2) is 4.50. The number of nitrogens with one attached hydrogen (secondary N) is 1. The molecule has 1 atom stereocenters. The quantitative estimate of drug-likeness (QED) is 0.614. The molecule has 1 nitrogen and oxygen atoms in total. The van der Waals surface area contributed by atoms with E-state index < -0.39 is 0 Å². The van der Waals surface area contributed by atoms with Gasteiger partial charge in [-0.1, -0.05) is 27.4 Å². The zero-order valence-electron chi connectivity index (χ0n) is 9.78. The van der Waals surface area contributed by atoms with Gasteiger partial charge in [0, 0.05) is 11.9 Å². The van der Waals surface area contributed by atoms with Gasteiger partial charge in [0.15, 0.2) is 0 Å². The highest BCUT2D eigenvalue weighted by Crippen LogP contribution is 2.40. The zero-order valence-corrected chi connectivity index (χ0v) is 9.78. The Morgan fingerprint density at radius 1 is 1.43 bits per heavy atom. The third kappa shape index (κ3) is 1.77. The zero-order chi connectivity index (χ0) is 10.7. The molecule has 1 N–H and O–H groups in total. The molecule has 0 amide bonds. The van der Waals surface area contributed by atoms with Gasteiger partial charge >= 0.3 is 0 Å². The van der Waals surface area contributed by atoms with E-state index in [0.29, 0.717) is 0 Å². The van der Waals surface area contributed by atoms with Crippen LogP contribution in [0, 0.1) is 5.92 Å². The fraction of sp³-hybridized carbons (Fsp3) is 0.538. The lowest BCUT2D eigenvalue weighted by Crippen LogP contribution is -2.13. The third-order valence-electron chi connectivity index (χ3n) is 2.96. The van der Waals surface area contributed by atoms with Gasteiger partial charge in [0.25, 0.3) is 0 Å². The van der Waals surface area contributed by atoms with Crippen LogP contribution in [0.3, 0.4) is 0 Å². The first-order chi connectivity index (χ1) is 6.70. The molecule has 1 fully saturated rings. The Morgan fingerprint density at radius 2 is 2.07 bits per heavy atom. The maximum absolute atomic E-state index is 3.98. The first-order valence-electron chi connectivity index (χ1n) is 5.56. The van der Waals surface area contributed by atoms with Crippen molar-refractivity contribution in [3.05, 3.63) is 35.2 Å². The molecule has 0 radical (unpaired) electrons. The highest BCUT2D eigenvalue weighted by atomic mass is 14.9. The lowest BCUT2D eigenvalue weighted by molar-refractivity contribution is 0.692. The fourth-order valence-electron chi connectivity index (χ4n) is 2.17. The van der Waals surface area contributed by atoms with Crippen LogP contribution in [0.1, 0.15) is 40.5 Å². The molecule has 0 saturated heterocycles. The summed E-state index contributed by atoms with van der Waals surface area (Å²) in [6, 6.07) is 0. The van der Waals surface area contributed by atoms with E-state index in [1.54, 1.807) is 5.57 Å². The summed E-state index contributed by atoms with van der Waals surface area (Å²) >= 11 is 0.